The van der Waals surface area contributed by atoms with E-state index < -0.39 is 23.0 Å². The van der Waals surface area contributed by atoms with Gasteiger partial charge in [0.05, 0.1) is 4.92 Å². The van der Waals surface area contributed by atoms with Crippen molar-refractivity contribution in [3.8, 4) is 0 Å². The first kappa shape index (κ1) is 14.5. The van der Waals surface area contributed by atoms with E-state index in [1.165, 1.54) is 30.3 Å². The molecular formula is C13H12N2O6. The van der Waals surface area contributed by atoms with Crippen LogP contribution >= 0.6 is 0 Å². The smallest absolute Gasteiger partial charge is 0.411 e. The van der Waals surface area contributed by atoms with Crippen molar-refractivity contribution in [2.45, 2.75) is 12.6 Å². The third-order valence-electron chi connectivity index (χ3n) is 2.95. The average molecular weight is 292 g/mol. The second-order valence-electron chi connectivity index (χ2n) is 4.34. The molecule has 1 aromatic rings. The van der Waals surface area contributed by atoms with Crippen LogP contribution in [0.5, 0.6) is 0 Å². The van der Waals surface area contributed by atoms with Crippen LogP contribution in [0.1, 0.15) is 5.56 Å². The van der Waals surface area contributed by atoms with Crippen molar-refractivity contribution in [3.05, 3.63) is 52.1 Å². The van der Waals surface area contributed by atoms with Gasteiger partial charge in [0.15, 0.2) is 6.04 Å². The first-order valence-electron chi connectivity index (χ1n) is 6.05. The topological polar surface area (TPSA) is 110 Å². The van der Waals surface area contributed by atoms with Gasteiger partial charge in [-0.15, -0.1) is 0 Å². The highest BCUT2D eigenvalue weighted by Crippen LogP contribution is 2.15. The highest BCUT2D eigenvalue weighted by atomic mass is 16.6. The van der Waals surface area contributed by atoms with Gasteiger partial charge in [0, 0.05) is 18.7 Å². The van der Waals surface area contributed by atoms with E-state index in [2.05, 4.69) is 0 Å². The van der Waals surface area contributed by atoms with Gasteiger partial charge >= 0.3 is 12.1 Å². The number of nitrogens with zero attached hydrogens (tertiary/aromatic N) is 2. The molecule has 0 fully saturated rings. The molecule has 1 N–H and O–H groups in total. The number of carbonyl (C=O) groups excluding carboxylic acids is 1. The minimum atomic E-state index is -1.13. The maximum absolute atomic E-state index is 11.8. The summed E-state index contributed by atoms with van der Waals surface area (Å²) in [6.45, 7) is 0.0930. The number of rotatable bonds is 4. The van der Waals surface area contributed by atoms with Crippen LogP contribution in [-0.4, -0.2) is 39.6 Å². The number of carboxylic acids is 1. The molecule has 1 unspecified atom stereocenters. The van der Waals surface area contributed by atoms with E-state index in [1.54, 1.807) is 6.08 Å². The van der Waals surface area contributed by atoms with Gasteiger partial charge in [-0.05, 0) is 17.7 Å². The molecule has 0 radical (unpaired) electrons. The lowest BCUT2D eigenvalue weighted by Crippen LogP contribution is -2.41. The molecule has 0 spiro atoms. The summed E-state index contributed by atoms with van der Waals surface area (Å²) < 4.78 is 5.01. The molecular weight excluding hydrogens is 280 g/mol. The van der Waals surface area contributed by atoms with Crippen LogP contribution in [0.15, 0.2) is 36.4 Å². The van der Waals surface area contributed by atoms with Crippen LogP contribution in [0.25, 0.3) is 0 Å². The van der Waals surface area contributed by atoms with E-state index in [-0.39, 0.29) is 18.8 Å². The normalized spacial score (nSPS) is 16.8. The summed E-state index contributed by atoms with van der Waals surface area (Å²) in [6, 6.07) is 4.54. The molecule has 0 saturated carbocycles. The zero-order chi connectivity index (χ0) is 15.4. The fourth-order valence-electron chi connectivity index (χ4n) is 1.87. The molecule has 1 heterocycles. The predicted molar refractivity (Wildman–Crippen MR) is 70.6 cm³/mol. The van der Waals surface area contributed by atoms with Gasteiger partial charge in [-0.25, -0.2) is 9.59 Å². The summed E-state index contributed by atoms with van der Waals surface area (Å²) in [5, 5.41) is 19.4. The Labute approximate surface area is 119 Å². The molecule has 1 aromatic carbocycles. The largest absolute Gasteiger partial charge is 0.479 e. The quantitative estimate of drug-likeness (QED) is 0.512. The summed E-state index contributed by atoms with van der Waals surface area (Å²) in [4.78, 5) is 33.8. The lowest BCUT2D eigenvalue weighted by atomic mass is 10.2. The van der Waals surface area contributed by atoms with E-state index in [0.29, 0.717) is 5.56 Å². The average Bonchev–Trinajstić information content (AvgIpc) is 2.95. The van der Waals surface area contributed by atoms with Gasteiger partial charge in [-0.3, -0.25) is 15.0 Å². The number of carboxylic acid groups (broad SMARTS) is 1. The highest BCUT2D eigenvalue weighted by Gasteiger charge is 2.31. The summed E-state index contributed by atoms with van der Waals surface area (Å²) in [7, 11) is 0. The molecule has 8 heteroatoms. The molecule has 1 aliphatic heterocycles. The maximum Gasteiger partial charge on any atom is 0.411 e. The first-order valence-corrected chi connectivity index (χ1v) is 6.05. The Kier molecular flexibility index (Phi) is 4.17. The van der Waals surface area contributed by atoms with E-state index in [1.807, 2.05) is 0 Å². The predicted octanol–water partition coefficient (Wildman–Crippen LogP) is 1.56. The highest BCUT2D eigenvalue weighted by molar-refractivity contribution is 5.83. The third-order valence-corrected chi connectivity index (χ3v) is 2.95. The Hall–Kier alpha value is -2.90. The van der Waals surface area contributed by atoms with Crippen molar-refractivity contribution in [1.29, 1.82) is 0 Å². The number of carbonyl (C=O) groups is 2. The number of aliphatic carboxylic acids is 1. The summed E-state index contributed by atoms with van der Waals surface area (Å²) >= 11 is 0. The standard InChI is InChI=1S/C13H12N2O6/c16-12(17)11-2-1-7-14(11)13(18)21-8-9-3-5-10(6-4-9)15(19)20/h1-6,11H,7-8H2,(H,16,17). The van der Waals surface area contributed by atoms with Crippen LogP contribution in [0.3, 0.4) is 0 Å². The number of hydrogen-bond acceptors (Lipinski definition) is 5. The van der Waals surface area contributed by atoms with Crippen molar-refractivity contribution in [2.24, 2.45) is 0 Å². The number of non-ortho nitro benzene ring substituents is 1. The van der Waals surface area contributed by atoms with Gasteiger partial charge in [0.2, 0.25) is 0 Å². The molecule has 110 valence electrons. The van der Waals surface area contributed by atoms with Crippen LogP contribution in [0.4, 0.5) is 10.5 Å². The molecule has 0 aromatic heterocycles. The van der Waals surface area contributed by atoms with E-state index in [0.717, 1.165) is 4.90 Å². The van der Waals surface area contributed by atoms with Crippen LogP contribution < -0.4 is 0 Å². The van der Waals surface area contributed by atoms with Gasteiger partial charge in [-0.2, -0.15) is 0 Å². The van der Waals surface area contributed by atoms with E-state index in [4.69, 9.17) is 9.84 Å². The van der Waals surface area contributed by atoms with Gasteiger partial charge < -0.3 is 9.84 Å². The first-order chi connectivity index (χ1) is 9.99. The molecule has 2 rings (SSSR count). The third kappa shape index (κ3) is 3.35. The maximum atomic E-state index is 11.8. The van der Waals surface area contributed by atoms with Crippen LogP contribution in [-0.2, 0) is 16.1 Å². The Morgan fingerprint density at radius 2 is 2.05 bits per heavy atom. The van der Waals surface area contributed by atoms with Crippen LogP contribution in [0, 0.1) is 10.1 Å². The van der Waals surface area contributed by atoms with E-state index in [9.17, 15) is 19.7 Å². The van der Waals surface area contributed by atoms with Crippen molar-refractivity contribution in [2.75, 3.05) is 6.54 Å². The Morgan fingerprint density at radius 1 is 1.38 bits per heavy atom. The number of benzene rings is 1. The number of amides is 1. The molecule has 1 aliphatic rings. The van der Waals surface area contributed by atoms with Gasteiger partial charge in [0.1, 0.15) is 6.61 Å². The van der Waals surface area contributed by atoms with Crippen molar-refractivity contribution in [3.63, 3.8) is 0 Å². The Morgan fingerprint density at radius 3 is 2.62 bits per heavy atom. The second-order valence-corrected chi connectivity index (χ2v) is 4.34. The number of nitro benzene ring substituents is 1. The summed E-state index contributed by atoms with van der Waals surface area (Å²) in [5.41, 5.74) is 0.521. The molecule has 1 amide bonds. The second kappa shape index (κ2) is 6.04. The van der Waals surface area contributed by atoms with Crippen LogP contribution in [0.2, 0.25) is 0 Å². The molecule has 0 aliphatic carbocycles. The van der Waals surface area contributed by atoms with E-state index >= 15 is 0 Å². The number of ether oxygens (including phenoxy) is 1. The Bertz CT molecular complexity index is 595. The molecule has 21 heavy (non-hydrogen) atoms. The van der Waals surface area contributed by atoms with Crippen molar-refractivity contribution < 1.29 is 24.4 Å². The monoisotopic (exact) mass is 292 g/mol. The zero-order valence-electron chi connectivity index (χ0n) is 10.8. The molecule has 0 bridgehead atoms. The summed E-state index contributed by atoms with van der Waals surface area (Å²) in [6.07, 6.45) is 2.24. The number of nitro groups is 1. The zero-order valence-corrected chi connectivity index (χ0v) is 10.8. The number of hydrogen-bond donors (Lipinski definition) is 1. The fourth-order valence-corrected chi connectivity index (χ4v) is 1.87. The van der Waals surface area contributed by atoms with Crippen molar-refractivity contribution in [1.82, 2.24) is 4.90 Å². The lowest BCUT2D eigenvalue weighted by Gasteiger charge is -2.20. The molecule has 0 saturated heterocycles. The van der Waals surface area contributed by atoms with Crippen molar-refractivity contribution >= 4 is 17.7 Å². The van der Waals surface area contributed by atoms with Gasteiger partial charge in [-0.1, -0.05) is 12.2 Å². The summed E-state index contributed by atoms with van der Waals surface area (Å²) in [5.74, 6) is -1.13. The molecule has 1 atom stereocenters. The Balaban J connectivity index is 1.92. The minimum absolute atomic E-state index is 0.0558. The minimum Gasteiger partial charge on any atom is -0.479 e. The SMILES string of the molecule is O=C(O)C1C=CCN1C(=O)OCc1ccc([N+](=O)[O-])cc1. The fraction of sp³-hybridized carbons (Fsp3) is 0.231. The lowest BCUT2D eigenvalue weighted by molar-refractivity contribution is -0.384. The molecule has 8 nitrogen and oxygen atoms in total. The van der Waals surface area contributed by atoms with Gasteiger partial charge in [0.25, 0.3) is 5.69 Å².